The number of rotatable bonds is 6. The zero-order chi connectivity index (χ0) is 14.5. The van der Waals surface area contributed by atoms with Crippen LogP contribution in [-0.2, 0) is 13.2 Å². The average Bonchev–Trinajstić information content (AvgIpc) is 2.85. The Labute approximate surface area is 127 Å². The van der Waals surface area contributed by atoms with Gasteiger partial charge in [-0.2, -0.15) is 5.10 Å². The fourth-order valence-electron chi connectivity index (χ4n) is 1.95. The normalized spacial score (nSPS) is 12.4. The van der Waals surface area contributed by atoms with Crippen LogP contribution in [0.3, 0.4) is 0 Å². The molecule has 0 spiro atoms. The summed E-state index contributed by atoms with van der Waals surface area (Å²) in [5.74, 6) is 1.61. The molecule has 20 heavy (non-hydrogen) atoms. The van der Waals surface area contributed by atoms with Gasteiger partial charge in [0.1, 0.15) is 18.7 Å². The Hall–Kier alpha value is -1.40. The molecule has 1 atom stereocenters. The monoisotopic (exact) mass is 338 g/mol. The van der Waals surface area contributed by atoms with Crippen molar-refractivity contribution in [1.82, 2.24) is 14.8 Å². The van der Waals surface area contributed by atoms with E-state index in [0.717, 1.165) is 34.6 Å². The maximum absolute atomic E-state index is 5.98. The second-order valence-corrected chi connectivity index (χ2v) is 5.57. The molecule has 0 unspecified atom stereocenters. The van der Waals surface area contributed by atoms with E-state index in [4.69, 9.17) is 10.5 Å². The van der Waals surface area contributed by atoms with E-state index in [9.17, 15) is 0 Å². The van der Waals surface area contributed by atoms with Gasteiger partial charge < -0.3 is 10.5 Å². The van der Waals surface area contributed by atoms with Gasteiger partial charge in [-0.15, -0.1) is 0 Å². The van der Waals surface area contributed by atoms with Crippen molar-refractivity contribution in [2.24, 2.45) is 5.73 Å². The number of hydrogen-bond donors (Lipinski definition) is 1. The number of hydrogen-bond acceptors (Lipinski definition) is 4. The Morgan fingerprint density at radius 2 is 2.25 bits per heavy atom. The van der Waals surface area contributed by atoms with Crippen molar-refractivity contribution in [3.8, 4) is 5.75 Å². The molecule has 0 saturated carbocycles. The van der Waals surface area contributed by atoms with Gasteiger partial charge in [0, 0.05) is 22.6 Å². The van der Waals surface area contributed by atoms with E-state index in [1.807, 2.05) is 29.8 Å². The van der Waals surface area contributed by atoms with Crippen molar-refractivity contribution >= 4 is 15.9 Å². The summed E-state index contributed by atoms with van der Waals surface area (Å²) in [5.41, 5.74) is 6.95. The first-order valence-electron chi connectivity index (χ1n) is 6.66. The van der Waals surface area contributed by atoms with E-state index in [0.29, 0.717) is 6.61 Å². The molecular weight excluding hydrogens is 320 g/mol. The van der Waals surface area contributed by atoms with Gasteiger partial charge in [-0.25, -0.2) is 9.67 Å². The van der Waals surface area contributed by atoms with Crippen LogP contribution in [0.1, 0.15) is 37.7 Å². The summed E-state index contributed by atoms with van der Waals surface area (Å²) in [5, 5.41) is 4.18. The van der Waals surface area contributed by atoms with E-state index >= 15 is 0 Å². The number of aryl methyl sites for hydroxylation is 1. The zero-order valence-corrected chi connectivity index (χ0v) is 13.3. The minimum atomic E-state index is -0.0870. The second-order valence-electron chi connectivity index (χ2n) is 4.66. The lowest BCUT2D eigenvalue weighted by molar-refractivity contribution is 0.282. The maximum atomic E-state index is 5.98. The highest BCUT2D eigenvalue weighted by molar-refractivity contribution is 9.10. The molecule has 5 nitrogen and oxygen atoms in total. The summed E-state index contributed by atoms with van der Waals surface area (Å²) in [6.07, 6.45) is 2.57. The van der Waals surface area contributed by atoms with E-state index < -0.39 is 0 Å². The van der Waals surface area contributed by atoms with Crippen LogP contribution in [0.5, 0.6) is 5.75 Å². The highest BCUT2D eigenvalue weighted by Gasteiger charge is 2.11. The fraction of sp³-hybridized carbons (Fsp3) is 0.429. The molecule has 2 N–H and O–H groups in total. The standard InChI is InChI=1S/C14H19BrN4O/c1-3-6-19-14(17-9-18-19)8-20-13-5-4-11(15)7-12(13)10(2)16/h4-5,7,9-10H,3,6,8,16H2,1-2H3/t10-/m0/s1. The molecule has 1 aromatic carbocycles. The van der Waals surface area contributed by atoms with Crippen molar-refractivity contribution in [3.63, 3.8) is 0 Å². The van der Waals surface area contributed by atoms with E-state index in [-0.39, 0.29) is 6.04 Å². The number of ether oxygens (including phenoxy) is 1. The van der Waals surface area contributed by atoms with Gasteiger partial charge in [-0.1, -0.05) is 22.9 Å². The molecule has 0 bridgehead atoms. The second kappa shape index (κ2) is 6.85. The number of nitrogens with two attached hydrogens (primary N) is 1. The Kier molecular flexibility index (Phi) is 5.14. The third-order valence-corrected chi connectivity index (χ3v) is 3.44. The molecular formula is C14H19BrN4O. The predicted octanol–water partition coefficient (Wildman–Crippen LogP) is 3.05. The fourth-order valence-corrected chi connectivity index (χ4v) is 2.33. The number of halogens is 1. The van der Waals surface area contributed by atoms with E-state index in [1.165, 1.54) is 0 Å². The van der Waals surface area contributed by atoms with Crippen molar-refractivity contribution in [3.05, 3.63) is 40.4 Å². The highest BCUT2D eigenvalue weighted by atomic mass is 79.9. The molecule has 0 aliphatic heterocycles. The van der Waals surface area contributed by atoms with Crippen molar-refractivity contribution in [2.75, 3.05) is 0 Å². The first kappa shape index (κ1) is 15.0. The van der Waals surface area contributed by atoms with Gasteiger partial charge in [-0.3, -0.25) is 0 Å². The molecule has 0 saturated heterocycles. The molecule has 0 aliphatic rings. The number of aromatic nitrogens is 3. The lowest BCUT2D eigenvalue weighted by atomic mass is 10.1. The SMILES string of the molecule is CCCn1ncnc1COc1ccc(Br)cc1[C@H](C)N. The lowest BCUT2D eigenvalue weighted by Gasteiger charge is -2.14. The summed E-state index contributed by atoms with van der Waals surface area (Å²) in [4.78, 5) is 4.23. The molecule has 108 valence electrons. The molecule has 6 heteroatoms. The molecule has 0 aliphatic carbocycles. The Balaban J connectivity index is 2.12. The molecule has 0 amide bonds. The van der Waals surface area contributed by atoms with Gasteiger partial charge in [0.25, 0.3) is 0 Å². The third-order valence-electron chi connectivity index (χ3n) is 2.95. The molecule has 1 aromatic heterocycles. The summed E-state index contributed by atoms with van der Waals surface area (Å²) in [7, 11) is 0. The Bertz CT molecular complexity index is 568. The van der Waals surface area contributed by atoms with Crippen LogP contribution >= 0.6 is 15.9 Å². The summed E-state index contributed by atoms with van der Waals surface area (Å²) in [6.45, 7) is 5.28. The minimum Gasteiger partial charge on any atom is -0.485 e. The molecule has 0 fully saturated rings. The first-order chi connectivity index (χ1) is 9.61. The van der Waals surface area contributed by atoms with Gasteiger partial charge in [0.15, 0.2) is 5.82 Å². The van der Waals surface area contributed by atoms with Crippen LogP contribution in [0.2, 0.25) is 0 Å². The van der Waals surface area contributed by atoms with Gasteiger partial charge in [0.05, 0.1) is 0 Å². The highest BCUT2D eigenvalue weighted by Crippen LogP contribution is 2.28. The van der Waals surface area contributed by atoms with E-state index in [2.05, 4.69) is 32.9 Å². The largest absolute Gasteiger partial charge is 0.485 e. The van der Waals surface area contributed by atoms with Gasteiger partial charge >= 0.3 is 0 Å². The predicted molar refractivity (Wildman–Crippen MR) is 81.4 cm³/mol. The molecule has 0 radical (unpaired) electrons. The van der Waals surface area contributed by atoms with Crippen LogP contribution in [0, 0.1) is 0 Å². The molecule has 2 rings (SSSR count). The number of nitrogens with zero attached hydrogens (tertiary/aromatic N) is 3. The Morgan fingerprint density at radius 1 is 1.45 bits per heavy atom. The molecule has 2 aromatic rings. The van der Waals surface area contributed by atoms with Crippen molar-refractivity contribution in [2.45, 2.75) is 39.5 Å². The molecule has 1 heterocycles. The van der Waals surface area contributed by atoms with E-state index in [1.54, 1.807) is 6.33 Å². The van der Waals surface area contributed by atoms with Crippen LogP contribution in [-0.4, -0.2) is 14.8 Å². The van der Waals surface area contributed by atoms with Crippen LogP contribution in [0.4, 0.5) is 0 Å². The summed E-state index contributed by atoms with van der Waals surface area (Å²) >= 11 is 3.45. The third kappa shape index (κ3) is 3.58. The maximum Gasteiger partial charge on any atom is 0.164 e. The topological polar surface area (TPSA) is 66.0 Å². The van der Waals surface area contributed by atoms with Gasteiger partial charge in [-0.05, 0) is 31.5 Å². The van der Waals surface area contributed by atoms with Gasteiger partial charge in [0.2, 0.25) is 0 Å². The van der Waals surface area contributed by atoms with Crippen LogP contribution < -0.4 is 10.5 Å². The quantitative estimate of drug-likeness (QED) is 0.878. The zero-order valence-electron chi connectivity index (χ0n) is 11.7. The average molecular weight is 339 g/mol. The van der Waals surface area contributed by atoms with Crippen LogP contribution in [0.25, 0.3) is 0 Å². The lowest BCUT2D eigenvalue weighted by Crippen LogP contribution is -2.11. The first-order valence-corrected chi connectivity index (χ1v) is 7.45. The minimum absolute atomic E-state index is 0.0870. The van der Waals surface area contributed by atoms with Crippen molar-refractivity contribution in [1.29, 1.82) is 0 Å². The van der Waals surface area contributed by atoms with Crippen LogP contribution in [0.15, 0.2) is 29.0 Å². The number of benzene rings is 1. The smallest absolute Gasteiger partial charge is 0.164 e. The Morgan fingerprint density at radius 3 is 2.95 bits per heavy atom. The van der Waals surface area contributed by atoms with Crippen molar-refractivity contribution < 1.29 is 4.74 Å². The summed E-state index contributed by atoms with van der Waals surface area (Å²) in [6, 6.07) is 5.76. The summed E-state index contributed by atoms with van der Waals surface area (Å²) < 4.78 is 8.72.